The molecule has 0 saturated heterocycles. The van der Waals surface area contributed by atoms with Crippen LogP contribution in [0.1, 0.15) is 18.0 Å². The van der Waals surface area contributed by atoms with Gasteiger partial charge in [0, 0.05) is 18.2 Å². The summed E-state index contributed by atoms with van der Waals surface area (Å²) < 4.78 is 26.0. The second-order valence-electron chi connectivity index (χ2n) is 2.75. The number of hydrogen-bond acceptors (Lipinski definition) is 2. The Labute approximate surface area is 75.0 Å². The molecule has 0 aliphatic rings. The first-order valence-electron chi connectivity index (χ1n) is 3.97. The van der Waals surface area contributed by atoms with Crippen LogP contribution >= 0.6 is 0 Å². The fourth-order valence-electron chi connectivity index (χ4n) is 1.15. The highest BCUT2D eigenvalue weighted by atomic mass is 19.1. The van der Waals surface area contributed by atoms with E-state index in [9.17, 15) is 8.78 Å². The first-order chi connectivity index (χ1) is 6.16. The number of rotatable bonds is 3. The number of nitrogens with two attached hydrogens (primary N) is 1. The molecule has 13 heavy (non-hydrogen) atoms. The summed E-state index contributed by atoms with van der Waals surface area (Å²) in [7, 11) is 0. The molecule has 0 amide bonds. The zero-order chi connectivity index (χ0) is 9.84. The monoisotopic (exact) mass is 187 g/mol. The first-order valence-corrected chi connectivity index (χ1v) is 3.97. The summed E-state index contributed by atoms with van der Waals surface area (Å²) in [4.78, 5) is 0. The Bertz CT molecular complexity index is 271. The molecule has 0 aromatic heterocycles. The van der Waals surface area contributed by atoms with Gasteiger partial charge in [-0.25, -0.2) is 8.78 Å². The van der Waals surface area contributed by atoms with Gasteiger partial charge in [0.05, 0.1) is 0 Å². The largest absolute Gasteiger partial charge is 0.396 e. The Morgan fingerprint density at radius 3 is 2.31 bits per heavy atom. The van der Waals surface area contributed by atoms with Crippen molar-refractivity contribution in [1.82, 2.24) is 0 Å². The quantitative estimate of drug-likeness (QED) is 0.750. The van der Waals surface area contributed by atoms with Crippen molar-refractivity contribution in [2.75, 3.05) is 6.61 Å². The Kier molecular flexibility index (Phi) is 3.33. The molecule has 2 nitrogen and oxygen atoms in total. The average Bonchev–Trinajstić information content (AvgIpc) is 2.04. The molecule has 3 N–H and O–H groups in total. The highest BCUT2D eigenvalue weighted by molar-refractivity contribution is 5.22. The molecule has 1 aromatic rings. The molecule has 0 fully saturated rings. The SMILES string of the molecule is NC(CCO)c1c(F)cccc1F. The maximum atomic E-state index is 13.0. The average molecular weight is 187 g/mol. The minimum Gasteiger partial charge on any atom is -0.396 e. The van der Waals surface area contributed by atoms with Gasteiger partial charge < -0.3 is 10.8 Å². The fourth-order valence-corrected chi connectivity index (χ4v) is 1.15. The van der Waals surface area contributed by atoms with E-state index in [0.717, 1.165) is 12.1 Å². The first kappa shape index (κ1) is 10.1. The van der Waals surface area contributed by atoms with Crippen LogP contribution < -0.4 is 5.73 Å². The van der Waals surface area contributed by atoms with Gasteiger partial charge in [0.25, 0.3) is 0 Å². The molecule has 72 valence electrons. The van der Waals surface area contributed by atoms with Crippen molar-refractivity contribution in [3.8, 4) is 0 Å². The molecule has 1 unspecified atom stereocenters. The molecule has 1 rings (SSSR count). The minimum atomic E-state index is -0.786. The summed E-state index contributed by atoms with van der Waals surface area (Å²) in [5.41, 5.74) is 5.31. The molecule has 0 heterocycles. The second-order valence-corrected chi connectivity index (χ2v) is 2.75. The highest BCUT2D eigenvalue weighted by Crippen LogP contribution is 2.20. The molecule has 4 heteroatoms. The predicted octanol–water partition coefficient (Wildman–Crippen LogP) is 1.35. The van der Waals surface area contributed by atoms with Crippen LogP contribution in [0.15, 0.2) is 18.2 Å². The molecule has 0 aliphatic heterocycles. The molecule has 0 saturated carbocycles. The number of benzene rings is 1. The van der Waals surface area contributed by atoms with E-state index in [1.54, 1.807) is 0 Å². The van der Waals surface area contributed by atoms with E-state index in [-0.39, 0.29) is 18.6 Å². The van der Waals surface area contributed by atoms with E-state index >= 15 is 0 Å². The van der Waals surface area contributed by atoms with Gasteiger partial charge in [-0.15, -0.1) is 0 Å². The summed E-state index contributed by atoms with van der Waals surface area (Å²) in [5.74, 6) is -1.33. The molecular formula is C9H11F2NO. The third-order valence-electron chi connectivity index (χ3n) is 1.81. The Balaban J connectivity index is 2.98. The minimum absolute atomic E-state index is 0.151. The molecule has 1 atom stereocenters. The van der Waals surface area contributed by atoms with Gasteiger partial charge in [-0.3, -0.25) is 0 Å². The van der Waals surface area contributed by atoms with Crippen molar-refractivity contribution >= 4 is 0 Å². The Morgan fingerprint density at radius 1 is 1.31 bits per heavy atom. The van der Waals surface area contributed by atoms with Crippen molar-refractivity contribution in [2.24, 2.45) is 5.73 Å². The van der Waals surface area contributed by atoms with Crippen molar-refractivity contribution < 1.29 is 13.9 Å². The highest BCUT2D eigenvalue weighted by Gasteiger charge is 2.15. The van der Waals surface area contributed by atoms with Crippen LogP contribution in [0.3, 0.4) is 0 Å². The molecule has 1 aromatic carbocycles. The molecule has 0 spiro atoms. The fraction of sp³-hybridized carbons (Fsp3) is 0.333. The Morgan fingerprint density at radius 2 is 1.85 bits per heavy atom. The van der Waals surface area contributed by atoms with Crippen LogP contribution in [-0.4, -0.2) is 11.7 Å². The smallest absolute Gasteiger partial charge is 0.130 e. The zero-order valence-electron chi connectivity index (χ0n) is 7.00. The lowest BCUT2D eigenvalue weighted by Gasteiger charge is -2.11. The van der Waals surface area contributed by atoms with Gasteiger partial charge in [-0.1, -0.05) is 6.07 Å². The van der Waals surface area contributed by atoms with Gasteiger partial charge in [0.1, 0.15) is 11.6 Å². The third kappa shape index (κ3) is 2.23. The van der Waals surface area contributed by atoms with Crippen molar-refractivity contribution in [3.05, 3.63) is 35.4 Å². The van der Waals surface area contributed by atoms with Gasteiger partial charge in [-0.05, 0) is 18.6 Å². The predicted molar refractivity (Wildman–Crippen MR) is 45.0 cm³/mol. The summed E-state index contributed by atoms with van der Waals surface area (Å²) in [5, 5.41) is 8.55. The number of hydrogen-bond donors (Lipinski definition) is 2. The lowest BCUT2D eigenvalue weighted by atomic mass is 10.0. The lowest BCUT2D eigenvalue weighted by Crippen LogP contribution is -2.15. The van der Waals surface area contributed by atoms with E-state index < -0.39 is 17.7 Å². The van der Waals surface area contributed by atoms with Crippen molar-refractivity contribution in [1.29, 1.82) is 0 Å². The maximum absolute atomic E-state index is 13.0. The summed E-state index contributed by atoms with van der Waals surface area (Å²) in [6.07, 6.45) is 0.151. The van der Waals surface area contributed by atoms with Crippen LogP contribution in [0.4, 0.5) is 8.78 Å². The second kappa shape index (κ2) is 4.30. The van der Waals surface area contributed by atoms with E-state index in [0.29, 0.717) is 0 Å². The molecule has 0 radical (unpaired) electrons. The van der Waals surface area contributed by atoms with Crippen molar-refractivity contribution in [3.63, 3.8) is 0 Å². The standard InChI is InChI=1S/C9H11F2NO/c10-6-2-1-3-7(11)9(6)8(12)4-5-13/h1-3,8,13H,4-5,12H2. The zero-order valence-corrected chi connectivity index (χ0v) is 7.00. The van der Waals surface area contributed by atoms with Crippen LogP contribution in [-0.2, 0) is 0 Å². The molecular weight excluding hydrogens is 176 g/mol. The summed E-state index contributed by atoms with van der Waals surface area (Å²) in [6, 6.07) is 2.79. The molecule has 0 bridgehead atoms. The van der Waals surface area contributed by atoms with E-state index in [1.807, 2.05) is 0 Å². The van der Waals surface area contributed by atoms with Gasteiger partial charge in [-0.2, -0.15) is 0 Å². The van der Waals surface area contributed by atoms with Crippen LogP contribution in [0.25, 0.3) is 0 Å². The van der Waals surface area contributed by atoms with Crippen LogP contribution in [0.2, 0.25) is 0 Å². The van der Waals surface area contributed by atoms with Crippen LogP contribution in [0.5, 0.6) is 0 Å². The lowest BCUT2D eigenvalue weighted by molar-refractivity contribution is 0.274. The van der Waals surface area contributed by atoms with E-state index in [4.69, 9.17) is 10.8 Å². The summed E-state index contributed by atoms with van der Waals surface area (Å²) >= 11 is 0. The van der Waals surface area contributed by atoms with Crippen LogP contribution in [0, 0.1) is 11.6 Å². The topological polar surface area (TPSA) is 46.2 Å². The summed E-state index contributed by atoms with van der Waals surface area (Å²) in [6.45, 7) is -0.186. The van der Waals surface area contributed by atoms with Crippen molar-refractivity contribution in [2.45, 2.75) is 12.5 Å². The van der Waals surface area contributed by atoms with Gasteiger partial charge >= 0.3 is 0 Å². The van der Waals surface area contributed by atoms with Gasteiger partial charge in [0.2, 0.25) is 0 Å². The normalized spacial score (nSPS) is 12.9. The number of halogens is 2. The molecule has 0 aliphatic carbocycles. The Hall–Kier alpha value is -1.00. The number of aliphatic hydroxyl groups is 1. The number of aliphatic hydroxyl groups excluding tert-OH is 1. The van der Waals surface area contributed by atoms with E-state index in [2.05, 4.69) is 0 Å². The van der Waals surface area contributed by atoms with Gasteiger partial charge in [0.15, 0.2) is 0 Å². The maximum Gasteiger partial charge on any atom is 0.130 e. The van der Waals surface area contributed by atoms with E-state index in [1.165, 1.54) is 6.07 Å². The third-order valence-corrected chi connectivity index (χ3v) is 1.81.